The van der Waals surface area contributed by atoms with Crippen LogP contribution in [0.2, 0.25) is 0 Å². The van der Waals surface area contributed by atoms with Gasteiger partial charge < -0.3 is 5.11 Å². The van der Waals surface area contributed by atoms with Gasteiger partial charge in [-0.25, -0.2) is 0 Å². The molecule has 0 unspecified atom stereocenters. The van der Waals surface area contributed by atoms with E-state index in [0.29, 0.717) is 0 Å². The highest BCUT2D eigenvalue weighted by Crippen LogP contribution is 1.95. The zero-order valence-corrected chi connectivity index (χ0v) is 6.14. The molecule has 0 aromatic heterocycles. The van der Waals surface area contributed by atoms with Gasteiger partial charge in [-0.3, -0.25) is 0 Å². The molecule has 9 heavy (non-hydrogen) atoms. The predicted molar refractivity (Wildman–Crippen MR) is 40.4 cm³/mol. The summed E-state index contributed by atoms with van der Waals surface area (Å²) in [4.78, 5) is 0. The monoisotopic (exact) mass is 128 g/mol. The molecule has 0 aliphatic rings. The minimum Gasteiger partial charge on any atom is -0.396 e. The van der Waals surface area contributed by atoms with Crippen molar-refractivity contribution in [2.75, 3.05) is 6.61 Å². The molecule has 0 spiro atoms. The zero-order chi connectivity index (χ0) is 6.95. The van der Waals surface area contributed by atoms with Gasteiger partial charge in [-0.15, -0.1) is 0 Å². The Balaban J connectivity index is 2.86. The first kappa shape index (κ1) is 8.70. The Morgan fingerprint density at radius 3 is 2.44 bits per heavy atom. The molecular formula is C8H16O. The van der Waals surface area contributed by atoms with Gasteiger partial charge >= 0.3 is 0 Å². The Kier molecular flexibility index (Phi) is 7.44. The van der Waals surface area contributed by atoms with Crippen molar-refractivity contribution < 1.29 is 5.11 Å². The maximum absolute atomic E-state index is 8.37. The van der Waals surface area contributed by atoms with E-state index in [0.717, 1.165) is 12.8 Å². The second-order valence-electron chi connectivity index (χ2n) is 2.13. The molecule has 0 aliphatic carbocycles. The second kappa shape index (κ2) is 7.70. The lowest BCUT2D eigenvalue weighted by Gasteiger charge is -1.87. The summed E-state index contributed by atoms with van der Waals surface area (Å²) >= 11 is 0. The Morgan fingerprint density at radius 1 is 1.22 bits per heavy atom. The van der Waals surface area contributed by atoms with Crippen LogP contribution in [0.15, 0.2) is 12.2 Å². The number of allylic oxidation sites excluding steroid dienone is 1. The van der Waals surface area contributed by atoms with Crippen LogP contribution in [0.3, 0.4) is 0 Å². The van der Waals surface area contributed by atoms with Gasteiger partial charge in [0.15, 0.2) is 0 Å². The number of hydrogen-bond acceptors (Lipinski definition) is 1. The van der Waals surface area contributed by atoms with Crippen molar-refractivity contribution in [3.63, 3.8) is 0 Å². The van der Waals surface area contributed by atoms with Crippen LogP contribution in [0.4, 0.5) is 0 Å². The molecule has 0 bridgehead atoms. The molecular weight excluding hydrogens is 112 g/mol. The van der Waals surface area contributed by atoms with Gasteiger partial charge in [0, 0.05) is 6.61 Å². The molecule has 0 amide bonds. The Hall–Kier alpha value is -0.300. The van der Waals surface area contributed by atoms with E-state index in [-0.39, 0.29) is 6.61 Å². The summed E-state index contributed by atoms with van der Waals surface area (Å²) in [5.41, 5.74) is 0. The summed E-state index contributed by atoms with van der Waals surface area (Å²) < 4.78 is 0. The van der Waals surface area contributed by atoms with Crippen molar-refractivity contribution >= 4 is 0 Å². The zero-order valence-electron chi connectivity index (χ0n) is 6.14. The van der Waals surface area contributed by atoms with Crippen LogP contribution in [-0.4, -0.2) is 11.7 Å². The topological polar surface area (TPSA) is 20.2 Å². The third-order valence-corrected chi connectivity index (χ3v) is 1.19. The van der Waals surface area contributed by atoms with Gasteiger partial charge in [0.25, 0.3) is 0 Å². The summed E-state index contributed by atoms with van der Waals surface area (Å²) in [6.07, 6.45) is 8.67. The summed E-state index contributed by atoms with van der Waals surface area (Å²) in [6, 6.07) is 0. The average Bonchev–Trinajstić information content (AvgIpc) is 1.89. The van der Waals surface area contributed by atoms with Crippen molar-refractivity contribution in [2.45, 2.75) is 32.6 Å². The SMILES string of the molecule is CCCC/C=C\CCO. The smallest absolute Gasteiger partial charge is 0.0465 e. The van der Waals surface area contributed by atoms with E-state index in [1.54, 1.807) is 0 Å². The Morgan fingerprint density at radius 2 is 1.89 bits per heavy atom. The molecule has 0 fully saturated rings. The molecule has 1 heteroatoms. The fraction of sp³-hybridized carbons (Fsp3) is 0.750. The van der Waals surface area contributed by atoms with Gasteiger partial charge in [0.2, 0.25) is 0 Å². The third kappa shape index (κ3) is 7.70. The van der Waals surface area contributed by atoms with E-state index in [1.165, 1.54) is 12.8 Å². The van der Waals surface area contributed by atoms with E-state index in [9.17, 15) is 0 Å². The summed E-state index contributed by atoms with van der Waals surface area (Å²) in [5.74, 6) is 0. The van der Waals surface area contributed by atoms with Crippen molar-refractivity contribution in [1.82, 2.24) is 0 Å². The first-order valence-corrected chi connectivity index (χ1v) is 3.67. The molecule has 54 valence electrons. The molecule has 0 aromatic rings. The molecule has 1 N–H and O–H groups in total. The van der Waals surface area contributed by atoms with Crippen LogP contribution in [0.5, 0.6) is 0 Å². The van der Waals surface area contributed by atoms with E-state index in [2.05, 4.69) is 13.0 Å². The molecule has 0 saturated heterocycles. The summed E-state index contributed by atoms with van der Waals surface area (Å²) in [7, 11) is 0. The summed E-state index contributed by atoms with van der Waals surface area (Å²) in [6.45, 7) is 2.46. The molecule has 0 aromatic carbocycles. The van der Waals surface area contributed by atoms with E-state index in [4.69, 9.17) is 5.11 Å². The minimum absolute atomic E-state index is 0.280. The number of rotatable bonds is 5. The van der Waals surface area contributed by atoms with Crippen molar-refractivity contribution in [3.05, 3.63) is 12.2 Å². The molecule has 0 rings (SSSR count). The maximum atomic E-state index is 8.37. The van der Waals surface area contributed by atoms with Crippen LogP contribution in [0.25, 0.3) is 0 Å². The van der Waals surface area contributed by atoms with Gasteiger partial charge in [0.05, 0.1) is 0 Å². The van der Waals surface area contributed by atoms with E-state index in [1.807, 2.05) is 6.08 Å². The Bertz CT molecular complexity index is 67.0. The number of unbranched alkanes of at least 4 members (excludes halogenated alkanes) is 2. The second-order valence-corrected chi connectivity index (χ2v) is 2.13. The van der Waals surface area contributed by atoms with Gasteiger partial charge in [-0.2, -0.15) is 0 Å². The largest absolute Gasteiger partial charge is 0.396 e. The number of aliphatic hydroxyl groups excluding tert-OH is 1. The van der Waals surface area contributed by atoms with E-state index < -0.39 is 0 Å². The minimum atomic E-state index is 0.280. The molecule has 0 atom stereocenters. The molecule has 0 aliphatic heterocycles. The highest BCUT2D eigenvalue weighted by molar-refractivity contribution is 4.80. The number of hydrogen-bond donors (Lipinski definition) is 1. The fourth-order valence-corrected chi connectivity index (χ4v) is 0.632. The molecule has 1 nitrogen and oxygen atoms in total. The highest BCUT2D eigenvalue weighted by Gasteiger charge is 1.76. The first-order chi connectivity index (χ1) is 4.41. The van der Waals surface area contributed by atoms with Crippen LogP contribution in [0.1, 0.15) is 32.6 Å². The van der Waals surface area contributed by atoms with Crippen molar-refractivity contribution in [3.8, 4) is 0 Å². The lowest BCUT2D eigenvalue weighted by molar-refractivity contribution is 0.302. The lowest BCUT2D eigenvalue weighted by atomic mass is 10.2. The van der Waals surface area contributed by atoms with Crippen LogP contribution >= 0.6 is 0 Å². The van der Waals surface area contributed by atoms with Crippen molar-refractivity contribution in [1.29, 1.82) is 0 Å². The Labute approximate surface area is 57.4 Å². The quantitative estimate of drug-likeness (QED) is 0.444. The summed E-state index contributed by atoms with van der Waals surface area (Å²) in [5, 5.41) is 8.37. The van der Waals surface area contributed by atoms with Gasteiger partial charge in [-0.1, -0.05) is 31.9 Å². The fourth-order valence-electron chi connectivity index (χ4n) is 0.632. The van der Waals surface area contributed by atoms with Gasteiger partial charge in [-0.05, 0) is 12.8 Å². The maximum Gasteiger partial charge on any atom is 0.0465 e. The van der Waals surface area contributed by atoms with Gasteiger partial charge in [0.1, 0.15) is 0 Å². The first-order valence-electron chi connectivity index (χ1n) is 3.67. The van der Waals surface area contributed by atoms with Crippen LogP contribution < -0.4 is 0 Å². The highest BCUT2D eigenvalue weighted by atomic mass is 16.2. The number of aliphatic hydroxyl groups is 1. The van der Waals surface area contributed by atoms with Crippen molar-refractivity contribution in [2.24, 2.45) is 0 Å². The van der Waals surface area contributed by atoms with Crippen LogP contribution in [0, 0.1) is 0 Å². The van der Waals surface area contributed by atoms with Crippen LogP contribution in [-0.2, 0) is 0 Å². The molecule has 0 radical (unpaired) electrons. The standard InChI is InChI=1S/C8H16O/c1-2-3-4-5-6-7-8-9/h5-6,9H,2-4,7-8H2,1H3/b6-5-. The molecule has 0 heterocycles. The third-order valence-electron chi connectivity index (χ3n) is 1.19. The predicted octanol–water partition coefficient (Wildman–Crippen LogP) is 2.12. The molecule has 0 saturated carbocycles. The average molecular weight is 128 g/mol. The van der Waals surface area contributed by atoms with E-state index >= 15 is 0 Å². The normalized spacial score (nSPS) is 10.9. The lowest BCUT2D eigenvalue weighted by Crippen LogP contribution is -1.75.